The quantitative estimate of drug-likeness (QED) is 0.178. The summed E-state index contributed by atoms with van der Waals surface area (Å²) in [5, 5.41) is 2.34. The lowest BCUT2D eigenvalue weighted by molar-refractivity contribution is 0.660. The van der Waals surface area contributed by atoms with Crippen molar-refractivity contribution in [2.24, 2.45) is 0 Å². The average molecular weight is 790 g/mol. The molecule has 0 saturated carbocycles. The Labute approximate surface area is 361 Å². The van der Waals surface area contributed by atoms with Crippen LogP contribution in [0.25, 0.3) is 89.4 Å². The van der Waals surface area contributed by atoms with E-state index in [1.54, 1.807) is 0 Å². The molecule has 3 aliphatic carbocycles. The molecule has 1 aromatic heterocycles. The van der Waals surface area contributed by atoms with Crippen LogP contribution in [0.4, 0.5) is 0 Å². The molecule has 0 unspecified atom stereocenters. The average Bonchev–Trinajstić information content (AvgIpc) is 3.88. The molecule has 1 spiro atoms. The molecule has 0 saturated heterocycles. The first-order valence-corrected chi connectivity index (χ1v) is 21.5. The van der Waals surface area contributed by atoms with Gasteiger partial charge in [-0.1, -0.05) is 190 Å². The number of fused-ring (bicyclic) bond motifs is 14. The topological polar surface area (TPSA) is 38.7 Å². The Bertz CT molecular complexity index is 3440. The molecule has 0 radical (unpaired) electrons. The molecule has 3 nitrogen and oxygen atoms in total. The van der Waals surface area contributed by atoms with Crippen LogP contribution in [0.3, 0.4) is 0 Å². The lowest BCUT2D eigenvalue weighted by Crippen LogP contribution is -2.25. The third-order valence-electron chi connectivity index (χ3n) is 13.9. The monoisotopic (exact) mass is 789 g/mol. The highest BCUT2D eigenvalue weighted by Gasteiger charge is 2.51. The lowest BCUT2D eigenvalue weighted by Gasteiger charge is -2.30. The van der Waals surface area contributed by atoms with Gasteiger partial charge in [0.05, 0.1) is 5.41 Å². The Balaban J connectivity index is 0.995. The standard InChI is InChI=1S/C59H39N3/c1-58(2)49-20-10-6-16-43(49)47-31-30-41(34-53(47)58)57-61-55(38-26-24-37(25-27-38)36-14-4-3-5-15-36)60-56(62-57)40-29-28-39-33-48-46-19-9-13-23-52(46)59(54(48)35-42(39)32-40)50-21-11-7-17-44(50)45-18-8-12-22-51(45)59/h3-35H,1-2H3. The van der Waals surface area contributed by atoms with E-state index >= 15 is 0 Å². The summed E-state index contributed by atoms with van der Waals surface area (Å²) in [6.07, 6.45) is 0. The molecule has 3 heteroatoms. The van der Waals surface area contributed by atoms with Crippen molar-refractivity contribution in [1.29, 1.82) is 0 Å². The molecular formula is C59H39N3. The van der Waals surface area contributed by atoms with E-state index in [1.165, 1.54) is 77.7 Å². The third-order valence-corrected chi connectivity index (χ3v) is 13.9. The number of hydrogen-bond acceptors (Lipinski definition) is 3. The van der Waals surface area contributed by atoms with Gasteiger partial charge in [0.1, 0.15) is 0 Å². The zero-order valence-corrected chi connectivity index (χ0v) is 34.4. The fourth-order valence-corrected chi connectivity index (χ4v) is 11.0. The van der Waals surface area contributed by atoms with Crippen molar-refractivity contribution in [1.82, 2.24) is 15.0 Å². The molecule has 0 amide bonds. The maximum Gasteiger partial charge on any atom is 0.164 e. The summed E-state index contributed by atoms with van der Waals surface area (Å²) in [6, 6.07) is 73.1. The van der Waals surface area contributed by atoms with E-state index in [0.717, 1.165) is 27.6 Å². The largest absolute Gasteiger partial charge is 0.208 e. The molecule has 0 N–H and O–H groups in total. The van der Waals surface area contributed by atoms with Gasteiger partial charge in [-0.2, -0.15) is 0 Å². The Morgan fingerprint density at radius 3 is 1.34 bits per heavy atom. The summed E-state index contributed by atoms with van der Waals surface area (Å²) in [7, 11) is 0. The summed E-state index contributed by atoms with van der Waals surface area (Å²) in [6.45, 7) is 4.63. The number of aromatic nitrogens is 3. The van der Waals surface area contributed by atoms with E-state index < -0.39 is 5.41 Å². The second kappa shape index (κ2) is 12.9. The first-order valence-electron chi connectivity index (χ1n) is 21.5. The molecule has 0 bridgehead atoms. The number of nitrogens with zero attached hydrogens (tertiary/aromatic N) is 3. The van der Waals surface area contributed by atoms with Gasteiger partial charge in [-0.3, -0.25) is 0 Å². The van der Waals surface area contributed by atoms with E-state index in [4.69, 9.17) is 15.0 Å². The molecule has 3 aliphatic rings. The van der Waals surface area contributed by atoms with E-state index in [-0.39, 0.29) is 5.41 Å². The van der Waals surface area contributed by atoms with Crippen molar-refractivity contribution in [2.45, 2.75) is 24.7 Å². The predicted octanol–water partition coefficient (Wildman–Crippen LogP) is 14.3. The van der Waals surface area contributed by atoms with Crippen LogP contribution in [0.2, 0.25) is 0 Å². The van der Waals surface area contributed by atoms with Crippen LogP contribution < -0.4 is 0 Å². The SMILES string of the molecule is CC1(C)c2ccccc2-c2ccc(-c3nc(-c4ccc(-c5ccccc5)cc4)nc(-c4ccc5cc6c(cc5c4)C4(c5ccccc5-c5ccccc54)c4ccccc4-6)n3)cc21. The van der Waals surface area contributed by atoms with Crippen molar-refractivity contribution in [3.8, 4) is 78.7 Å². The molecule has 9 aromatic carbocycles. The summed E-state index contributed by atoms with van der Waals surface area (Å²) < 4.78 is 0. The minimum Gasteiger partial charge on any atom is -0.208 e. The minimum absolute atomic E-state index is 0.149. The van der Waals surface area contributed by atoms with Crippen LogP contribution in [0.1, 0.15) is 47.2 Å². The van der Waals surface area contributed by atoms with Crippen LogP contribution in [-0.2, 0) is 10.8 Å². The molecule has 0 aliphatic heterocycles. The number of benzene rings is 9. The molecule has 0 fully saturated rings. The van der Waals surface area contributed by atoms with E-state index in [0.29, 0.717) is 17.5 Å². The maximum atomic E-state index is 5.31. The first-order chi connectivity index (χ1) is 30.5. The van der Waals surface area contributed by atoms with E-state index in [9.17, 15) is 0 Å². The third kappa shape index (κ3) is 4.85. The summed E-state index contributed by atoms with van der Waals surface area (Å²) >= 11 is 0. The maximum absolute atomic E-state index is 5.31. The second-order valence-electron chi connectivity index (χ2n) is 17.5. The van der Waals surface area contributed by atoms with Gasteiger partial charge in [0.15, 0.2) is 17.5 Å². The van der Waals surface area contributed by atoms with Crippen molar-refractivity contribution < 1.29 is 0 Å². The zero-order chi connectivity index (χ0) is 41.2. The highest BCUT2D eigenvalue weighted by atomic mass is 15.0. The molecule has 10 aromatic rings. The van der Waals surface area contributed by atoms with E-state index in [1.807, 2.05) is 6.07 Å². The zero-order valence-electron chi connectivity index (χ0n) is 34.4. The first kappa shape index (κ1) is 35.0. The highest BCUT2D eigenvalue weighted by Crippen LogP contribution is 2.63. The van der Waals surface area contributed by atoms with Crippen LogP contribution in [0.15, 0.2) is 200 Å². The highest BCUT2D eigenvalue weighted by molar-refractivity contribution is 6.00. The smallest absolute Gasteiger partial charge is 0.164 e. The van der Waals surface area contributed by atoms with Crippen molar-refractivity contribution in [2.75, 3.05) is 0 Å². The van der Waals surface area contributed by atoms with Crippen LogP contribution >= 0.6 is 0 Å². The van der Waals surface area contributed by atoms with Gasteiger partial charge in [-0.15, -0.1) is 0 Å². The van der Waals surface area contributed by atoms with Crippen LogP contribution in [0.5, 0.6) is 0 Å². The summed E-state index contributed by atoms with van der Waals surface area (Å²) in [5.41, 5.74) is 20.4. The van der Waals surface area contributed by atoms with Crippen LogP contribution in [0, 0.1) is 0 Å². The summed E-state index contributed by atoms with van der Waals surface area (Å²) in [4.78, 5) is 15.8. The fraction of sp³-hybridized carbons (Fsp3) is 0.0678. The van der Waals surface area contributed by atoms with Crippen molar-refractivity contribution in [3.63, 3.8) is 0 Å². The Morgan fingerprint density at radius 2 is 0.710 bits per heavy atom. The Hall–Kier alpha value is -7.75. The molecule has 13 rings (SSSR count). The van der Waals surface area contributed by atoms with Gasteiger partial charge in [0.25, 0.3) is 0 Å². The number of rotatable bonds is 4. The molecule has 290 valence electrons. The van der Waals surface area contributed by atoms with Crippen molar-refractivity contribution >= 4 is 10.8 Å². The Kier molecular flexibility index (Phi) is 7.28. The number of hydrogen-bond donors (Lipinski definition) is 0. The van der Waals surface area contributed by atoms with Crippen molar-refractivity contribution in [3.05, 3.63) is 234 Å². The van der Waals surface area contributed by atoms with Gasteiger partial charge in [0.2, 0.25) is 0 Å². The van der Waals surface area contributed by atoms with Crippen LogP contribution in [-0.4, -0.2) is 15.0 Å². The fourth-order valence-electron chi connectivity index (χ4n) is 11.0. The normalized spacial score (nSPS) is 14.2. The van der Waals surface area contributed by atoms with Gasteiger partial charge >= 0.3 is 0 Å². The van der Waals surface area contributed by atoms with E-state index in [2.05, 4.69) is 208 Å². The molecule has 1 heterocycles. The van der Waals surface area contributed by atoms with Gasteiger partial charge in [-0.25, -0.2) is 15.0 Å². The second-order valence-corrected chi connectivity index (χ2v) is 17.5. The Morgan fingerprint density at radius 1 is 0.274 bits per heavy atom. The minimum atomic E-state index is -0.413. The molecule has 0 atom stereocenters. The van der Waals surface area contributed by atoms with Gasteiger partial charge in [0, 0.05) is 22.1 Å². The molecular weight excluding hydrogens is 751 g/mol. The van der Waals surface area contributed by atoms with Gasteiger partial charge < -0.3 is 0 Å². The lowest BCUT2D eigenvalue weighted by atomic mass is 9.70. The van der Waals surface area contributed by atoms with Gasteiger partial charge in [-0.05, 0) is 113 Å². The summed E-state index contributed by atoms with van der Waals surface area (Å²) in [5.74, 6) is 1.96. The molecule has 62 heavy (non-hydrogen) atoms. The predicted molar refractivity (Wildman–Crippen MR) is 253 cm³/mol.